The number of nitrogens with one attached hydrogen (secondary N) is 1. The Morgan fingerprint density at radius 1 is 0.553 bits per heavy atom. The summed E-state index contributed by atoms with van der Waals surface area (Å²) in [5.74, 6) is 0.964. The lowest BCUT2D eigenvalue weighted by atomic mass is 10.0. The summed E-state index contributed by atoms with van der Waals surface area (Å²) in [5.41, 5.74) is 0. The molecule has 0 spiro atoms. The third-order valence-electron chi connectivity index (χ3n) is 10.2. The van der Waals surface area contributed by atoms with Crippen LogP contribution in [0, 0.1) is 0 Å². The number of carbonyl (C=O) groups excluding carboxylic acids is 1. The molecule has 0 saturated heterocycles. The van der Waals surface area contributed by atoms with Gasteiger partial charge in [-0.25, -0.2) is 0 Å². The Hall–Kier alpha value is 0.157. The van der Waals surface area contributed by atoms with Crippen molar-refractivity contribution >= 4 is 25.2 Å². The molecule has 1 atom stereocenters. The molecule has 0 heterocycles. The largest absolute Gasteiger partial charge is 0.416 e. The Balaban J connectivity index is 3.58. The van der Waals surface area contributed by atoms with Crippen LogP contribution in [-0.2, 0) is 9.22 Å². The number of likely N-dealkylation sites (N-methyl/N-ethyl adjacent to an activating group) is 1. The molecule has 0 aliphatic heterocycles. The quantitative estimate of drug-likeness (QED) is 0.0512. The molecule has 0 rings (SSSR count). The van der Waals surface area contributed by atoms with Crippen LogP contribution < -0.4 is 5.32 Å². The van der Waals surface area contributed by atoms with Gasteiger partial charge in [-0.3, -0.25) is 4.79 Å². The molecule has 0 aromatic rings. The summed E-state index contributed by atoms with van der Waals surface area (Å²) in [4.78, 5) is 12.3. The van der Waals surface area contributed by atoms with Crippen molar-refractivity contribution in [3.05, 3.63) is 0 Å². The number of hydrogen-bond donors (Lipinski definition) is 1. The first kappa shape index (κ1) is 47.2. The molecule has 47 heavy (non-hydrogen) atoms. The minimum absolute atomic E-state index is 0.405. The summed E-state index contributed by atoms with van der Waals surface area (Å²) in [6, 6.07) is 1.63. The summed E-state index contributed by atoms with van der Waals surface area (Å²) in [5, 5.41) is 3.91. The van der Waals surface area contributed by atoms with Gasteiger partial charge in [0.25, 0.3) is 0 Å². The van der Waals surface area contributed by atoms with E-state index in [1.54, 1.807) is 11.8 Å². The summed E-state index contributed by atoms with van der Waals surface area (Å²) >= 11 is 1.57. The average molecular weight is 698 g/mol. The predicted molar refractivity (Wildman–Crippen MR) is 218 cm³/mol. The second-order valence-corrected chi connectivity index (χ2v) is 20.9. The lowest BCUT2D eigenvalue weighted by Gasteiger charge is -2.26. The Labute approximate surface area is 302 Å². The lowest BCUT2D eigenvalue weighted by molar-refractivity contribution is -0.111. The van der Waals surface area contributed by atoms with Gasteiger partial charge in [-0.15, -0.1) is 0 Å². The van der Waals surface area contributed by atoms with E-state index in [0.29, 0.717) is 11.2 Å². The van der Waals surface area contributed by atoms with E-state index in [4.69, 9.17) is 4.43 Å². The van der Waals surface area contributed by atoms with E-state index in [-0.39, 0.29) is 0 Å². The minimum Gasteiger partial charge on any atom is -0.416 e. The number of carbonyl (C=O) groups is 1. The Morgan fingerprint density at radius 2 is 0.915 bits per heavy atom. The zero-order valence-electron chi connectivity index (χ0n) is 33.1. The van der Waals surface area contributed by atoms with Gasteiger partial charge in [-0.05, 0) is 45.4 Å². The van der Waals surface area contributed by atoms with Crippen molar-refractivity contribution in [3.8, 4) is 0 Å². The van der Waals surface area contributed by atoms with E-state index in [9.17, 15) is 4.79 Å². The van der Waals surface area contributed by atoms with Gasteiger partial charge in [0.2, 0.25) is 0 Å². The number of unbranched alkanes of at least 4 members (excludes halogenated alkanes) is 27. The summed E-state index contributed by atoms with van der Waals surface area (Å²) in [6.07, 6.45) is 43.5. The van der Waals surface area contributed by atoms with Crippen LogP contribution in [0.3, 0.4) is 0 Å². The van der Waals surface area contributed by atoms with E-state index >= 15 is 0 Å². The first-order valence-corrected chi connectivity index (χ1v) is 25.5. The van der Waals surface area contributed by atoms with Crippen molar-refractivity contribution in [2.24, 2.45) is 0 Å². The van der Waals surface area contributed by atoms with Gasteiger partial charge >= 0.3 is 0 Å². The van der Waals surface area contributed by atoms with Gasteiger partial charge in [0.1, 0.15) is 0 Å². The maximum atomic E-state index is 12.3. The van der Waals surface area contributed by atoms with Crippen LogP contribution in [0.2, 0.25) is 19.1 Å². The van der Waals surface area contributed by atoms with Gasteiger partial charge < -0.3 is 9.74 Å². The highest BCUT2D eigenvalue weighted by atomic mass is 32.2. The van der Waals surface area contributed by atoms with Crippen LogP contribution in [0.25, 0.3) is 0 Å². The van der Waals surface area contributed by atoms with Crippen LogP contribution in [0.5, 0.6) is 0 Å². The van der Waals surface area contributed by atoms with Gasteiger partial charge in [0, 0.05) is 24.8 Å². The van der Waals surface area contributed by atoms with Crippen molar-refractivity contribution in [2.75, 3.05) is 19.4 Å². The fourth-order valence-electron chi connectivity index (χ4n) is 6.69. The van der Waals surface area contributed by atoms with Gasteiger partial charge in [0.15, 0.2) is 13.4 Å². The van der Waals surface area contributed by atoms with Crippen molar-refractivity contribution in [1.29, 1.82) is 0 Å². The fraction of sp³-hybridized carbons (Fsp3) is 0.976. The molecule has 0 fully saturated rings. The molecule has 282 valence electrons. The van der Waals surface area contributed by atoms with Crippen LogP contribution in [-0.4, -0.2) is 38.9 Å². The molecule has 5 heteroatoms. The normalized spacial score (nSPS) is 12.6. The predicted octanol–water partition coefficient (Wildman–Crippen LogP) is 14.6. The first-order chi connectivity index (χ1) is 22.9. The SMILES string of the molecule is CCCCCCCCCCCCCCCCCCC(CO[Si](C)(C)CCCSC(=O)CCCCCCCCCCCCCCC)NC. The molecule has 0 bridgehead atoms. The molecule has 0 amide bonds. The molecule has 0 aliphatic rings. The van der Waals surface area contributed by atoms with Crippen molar-refractivity contribution < 1.29 is 9.22 Å². The molecular formula is C42H87NO2SSi. The van der Waals surface area contributed by atoms with Crippen LogP contribution in [0.1, 0.15) is 219 Å². The standard InChI is InChI=1S/C42H87NO2SSi/c1-6-8-10-12-14-16-18-20-21-22-24-25-27-29-31-33-36-41(43-3)40-45-47(4,5)39-35-38-46-42(44)37-34-32-30-28-26-23-19-17-15-13-11-9-7-2/h41,43H,6-40H2,1-5H3. The maximum Gasteiger partial charge on any atom is 0.188 e. The smallest absolute Gasteiger partial charge is 0.188 e. The second-order valence-electron chi connectivity index (χ2n) is 15.5. The van der Waals surface area contributed by atoms with Gasteiger partial charge in [0.05, 0.1) is 0 Å². The summed E-state index contributed by atoms with van der Waals surface area (Å²) < 4.78 is 6.50. The molecule has 0 saturated carbocycles. The molecule has 0 aromatic heterocycles. The number of hydrogen-bond acceptors (Lipinski definition) is 4. The number of thioether (sulfide) groups is 1. The third kappa shape index (κ3) is 37.2. The third-order valence-corrected chi connectivity index (χ3v) is 13.7. The highest BCUT2D eigenvalue weighted by molar-refractivity contribution is 8.13. The highest BCUT2D eigenvalue weighted by Crippen LogP contribution is 2.20. The molecule has 0 radical (unpaired) electrons. The minimum atomic E-state index is -1.67. The van der Waals surface area contributed by atoms with Crippen LogP contribution in [0.4, 0.5) is 0 Å². The Kier molecular flexibility index (Phi) is 37.5. The Bertz CT molecular complexity index is 632. The number of rotatable bonds is 39. The molecule has 1 N–H and O–H groups in total. The van der Waals surface area contributed by atoms with Crippen molar-refractivity contribution in [3.63, 3.8) is 0 Å². The van der Waals surface area contributed by atoms with Crippen molar-refractivity contribution in [2.45, 2.75) is 244 Å². The second kappa shape index (κ2) is 37.4. The average Bonchev–Trinajstić information content (AvgIpc) is 3.06. The zero-order chi connectivity index (χ0) is 34.5. The summed E-state index contributed by atoms with van der Waals surface area (Å²) in [6.45, 7) is 10.1. The molecule has 0 aliphatic carbocycles. The van der Waals surface area contributed by atoms with E-state index in [2.05, 4.69) is 39.3 Å². The van der Waals surface area contributed by atoms with E-state index in [0.717, 1.165) is 37.7 Å². The Morgan fingerprint density at radius 3 is 1.30 bits per heavy atom. The van der Waals surface area contributed by atoms with E-state index < -0.39 is 8.32 Å². The fourth-order valence-corrected chi connectivity index (χ4v) is 9.58. The van der Waals surface area contributed by atoms with E-state index in [1.165, 1.54) is 186 Å². The first-order valence-electron chi connectivity index (χ1n) is 21.4. The van der Waals surface area contributed by atoms with E-state index in [1.807, 2.05) is 0 Å². The lowest BCUT2D eigenvalue weighted by Crippen LogP contribution is -2.38. The maximum absolute atomic E-state index is 12.3. The van der Waals surface area contributed by atoms with Gasteiger partial charge in [-0.2, -0.15) is 0 Å². The molecule has 1 unspecified atom stereocenters. The zero-order valence-corrected chi connectivity index (χ0v) is 34.9. The highest BCUT2D eigenvalue weighted by Gasteiger charge is 2.23. The molecular weight excluding hydrogens is 611 g/mol. The molecule has 3 nitrogen and oxygen atoms in total. The molecule has 0 aromatic carbocycles. The van der Waals surface area contributed by atoms with Crippen LogP contribution in [0.15, 0.2) is 0 Å². The van der Waals surface area contributed by atoms with Crippen LogP contribution >= 0.6 is 11.8 Å². The summed E-state index contributed by atoms with van der Waals surface area (Å²) in [7, 11) is 0.421. The van der Waals surface area contributed by atoms with Crippen molar-refractivity contribution in [1.82, 2.24) is 5.32 Å². The monoisotopic (exact) mass is 698 g/mol. The topological polar surface area (TPSA) is 38.3 Å². The van der Waals surface area contributed by atoms with Gasteiger partial charge in [-0.1, -0.05) is 205 Å².